The molecular formula is C29H46N2O5. The van der Waals surface area contributed by atoms with Crippen LogP contribution >= 0.6 is 0 Å². The topological polar surface area (TPSA) is 78.1 Å². The van der Waals surface area contributed by atoms with Crippen LogP contribution < -0.4 is 10.9 Å². The number of rotatable bonds is 3. The summed E-state index contributed by atoms with van der Waals surface area (Å²) in [5.74, 6) is -5.93. The molecule has 0 aliphatic carbocycles. The van der Waals surface area contributed by atoms with Crippen LogP contribution in [-0.2, 0) is 23.7 Å². The first-order valence-corrected chi connectivity index (χ1v) is 13.1. The molecule has 2 N–H and O–H groups in total. The van der Waals surface area contributed by atoms with Crippen molar-refractivity contribution >= 4 is 11.6 Å². The Hall–Kier alpha value is -1.67. The fraction of sp³-hybridized carbons (Fsp3) is 0.759. The second-order valence-corrected chi connectivity index (χ2v) is 14.8. The van der Waals surface area contributed by atoms with Crippen molar-refractivity contribution in [3.63, 3.8) is 0 Å². The highest BCUT2D eigenvalue weighted by molar-refractivity contribution is 5.82. The van der Waals surface area contributed by atoms with Crippen LogP contribution in [0.5, 0.6) is 0 Å². The Labute approximate surface area is 216 Å². The zero-order valence-electron chi connectivity index (χ0n) is 24.2. The molecule has 7 heteroatoms. The first-order valence-electron chi connectivity index (χ1n) is 13.1. The zero-order valence-corrected chi connectivity index (χ0v) is 24.2. The molecule has 1 aromatic carbocycles. The van der Waals surface area contributed by atoms with Crippen molar-refractivity contribution in [2.24, 2.45) is 27.6 Å². The number of hydrazine groups is 1. The first-order chi connectivity index (χ1) is 16.2. The minimum Gasteiger partial charge on any atom is -0.316 e. The highest BCUT2D eigenvalue weighted by atomic mass is 16.9. The van der Waals surface area contributed by atoms with Crippen LogP contribution in [0.15, 0.2) is 30.3 Å². The average Bonchev–Trinajstić information content (AvgIpc) is 2.69. The van der Waals surface area contributed by atoms with E-state index < -0.39 is 50.7 Å². The van der Waals surface area contributed by atoms with E-state index in [-0.39, 0.29) is 5.91 Å². The lowest BCUT2D eigenvalue weighted by molar-refractivity contribution is -0.670. The minimum absolute atomic E-state index is 0.310. The van der Waals surface area contributed by atoms with Gasteiger partial charge < -0.3 is 18.9 Å². The molecule has 0 spiro atoms. The van der Waals surface area contributed by atoms with Gasteiger partial charge in [0.1, 0.15) is 5.92 Å². The third-order valence-corrected chi connectivity index (χ3v) is 8.23. The van der Waals surface area contributed by atoms with Gasteiger partial charge in [0.25, 0.3) is 5.91 Å². The molecule has 4 heterocycles. The number of nitrogens with one attached hydrogen (secondary N) is 2. The smallest absolute Gasteiger partial charge is 0.252 e. The Morgan fingerprint density at radius 2 is 1.08 bits per heavy atom. The molecule has 4 fully saturated rings. The maximum absolute atomic E-state index is 14.2. The zero-order chi connectivity index (χ0) is 27.2. The number of para-hydroxylation sites is 1. The quantitative estimate of drug-likeness (QED) is 0.478. The lowest BCUT2D eigenvalue weighted by Gasteiger charge is -2.78. The van der Waals surface area contributed by atoms with Gasteiger partial charge in [0.05, 0.1) is 12.1 Å². The highest BCUT2D eigenvalue weighted by Gasteiger charge is 2.86. The number of ether oxygens (including phenoxy) is 4. The Kier molecular flexibility index (Phi) is 5.84. The monoisotopic (exact) mass is 502 g/mol. The van der Waals surface area contributed by atoms with Gasteiger partial charge in [-0.25, -0.2) is 0 Å². The molecular weight excluding hydrogens is 456 g/mol. The van der Waals surface area contributed by atoms with E-state index in [2.05, 4.69) is 93.9 Å². The van der Waals surface area contributed by atoms with E-state index in [0.717, 1.165) is 5.69 Å². The van der Waals surface area contributed by atoms with Crippen molar-refractivity contribution in [2.45, 2.75) is 113 Å². The van der Waals surface area contributed by atoms with E-state index in [4.69, 9.17) is 18.9 Å². The van der Waals surface area contributed by atoms with Crippen LogP contribution in [-0.4, -0.2) is 29.1 Å². The van der Waals surface area contributed by atoms with Gasteiger partial charge in [0.2, 0.25) is 0 Å². The lowest BCUT2D eigenvalue weighted by Crippen LogP contribution is -2.90. The molecule has 1 aromatic rings. The van der Waals surface area contributed by atoms with Gasteiger partial charge >= 0.3 is 0 Å². The number of carbonyl (C=O) groups excluding carboxylic acids is 1. The van der Waals surface area contributed by atoms with Crippen LogP contribution in [0.25, 0.3) is 0 Å². The Balaban J connectivity index is 1.95. The summed E-state index contributed by atoms with van der Waals surface area (Å²) in [4.78, 5) is 14.2. The van der Waals surface area contributed by atoms with E-state index >= 15 is 0 Å². The summed E-state index contributed by atoms with van der Waals surface area (Å²) >= 11 is 0. The van der Waals surface area contributed by atoms with Gasteiger partial charge in [-0.1, -0.05) is 101 Å². The molecule has 1 amide bonds. The van der Waals surface area contributed by atoms with Crippen molar-refractivity contribution in [3.05, 3.63) is 30.3 Å². The van der Waals surface area contributed by atoms with Crippen LogP contribution in [0.4, 0.5) is 5.69 Å². The van der Waals surface area contributed by atoms with Crippen LogP contribution in [0.3, 0.4) is 0 Å². The van der Waals surface area contributed by atoms with Gasteiger partial charge in [0, 0.05) is 21.7 Å². The molecule has 0 aromatic heterocycles. The number of anilines is 1. The normalized spacial score (nSPS) is 36.6. The van der Waals surface area contributed by atoms with Crippen molar-refractivity contribution < 1.29 is 23.7 Å². The molecule has 202 valence electrons. The van der Waals surface area contributed by atoms with Crippen LogP contribution in [0, 0.1) is 27.6 Å². The molecule has 0 atom stereocenters. The SMILES string of the molecule is CC(C)(C)C12CC3(C(C)(C)C)OC(C(C)(C)C)(O1)C(C(=O)NNc1ccccc1)C(C(C)(C)C)(O2)O3. The number of hydrogen-bond acceptors (Lipinski definition) is 6. The maximum Gasteiger partial charge on any atom is 0.252 e. The minimum atomic E-state index is -1.32. The Morgan fingerprint density at radius 3 is 1.42 bits per heavy atom. The van der Waals surface area contributed by atoms with Gasteiger partial charge in [0.15, 0.2) is 23.1 Å². The molecule has 0 unspecified atom stereocenters. The summed E-state index contributed by atoms with van der Waals surface area (Å²) in [6.07, 6.45) is 0.402. The maximum atomic E-state index is 14.2. The number of benzene rings is 1. The van der Waals surface area contributed by atoms with E-state index in [9.17, 15) is 4.79 Å². The fourth-order valence-corrected chi connectivity index (χ4v) is 5.69. The Morgan fingerprint density at radius 1 is 0.694 bits per heavy atom. The molecule has 5 rings (SSSR count). The summed E-state index contributed by atoms with van der Waals surface area (Å²) in [6.45, 7) is 25.1. The highest BCUT2D eigenvalue weighted by Crippen LogP contribution is 2.73. The first kappa shape index (κ1) is 27.4. The standard InChI is InChI=1S/C29H46N2O5/c1-22(2,3)26-18-27(23(4,5)6)35-28(33-26,24(7,8)9)20(29(34-26,36-27)25(10,11)12)21(32)31-30-19-16-14-13-15-17-19/h13-17,20,30H,18H2,1-12H3,(H,31,32). The van der Waals surface area contributed by atoms with E-state index in [1.807, 2.05) is 30.3 Å². The van der Waals surface area contributed by atoms with Crippen molar-refractivity contribution in [3.8, 4) is 0 Å². The van der Waals surface area contributed by atoms with E-state index in [0.29, 0.717) is 6.42 Å². The van der Waals surface area contributed by atoms with Gasteiger partial charge in [-0.05, 0) is 12.1 Å². The molecule has 7 nitrogen and oxygen atoms in total. The van der Waals surface area contributed by atoms with E-state index in [1.54, 1.807) is 0 Å². The predicted molar refractivity (Wildman–Crippen MR) is 139 cm³/mol. The third kappa shape index (κ3) is 3.64. The van der Waals surface area contributed by atoms with Crippen molar-refractivity contribution in [2.75, 3.05) is 5.43 Å². The molecule has 4 bridgehead atoms. The second kappa shape index (κ2) is 7.68. The predicted octanol–water partition coefficient (Wildman–Crippen LogP) is 6.21. The molecule has 4 saturated heterocycles. The third-order valence-electron chi connectivity index (χ3n) is 8.23. The summed E-state index contributed by atoms with van der Waals surface area (Å²) < 4.78 is 28.2. The van der Waals surface area contributed by atoms with Gasteiger partial charge in [-0.3, -0.25) is 15.6 Å². The van der Waals surface area contributed by atoms with Gasteiger partial charge in [-0.2, -0.15) is 0 Å². The molecule has 0 saturated carbocycles. The largest absolute Gasteiger partial charge is 0.316 e. The molecule has 36 heavy (non-hydrogen) atoms. The number of amides is 1. The average molecular weight is 503 g/mol. The summed E-state index contributed by atoms with van der Waals surface area (Å²) in [6, 6.07) is 9.51. The summed E-state index contributed by atoms with van der Waals surface area (Å²) in [7, 11) is 0. The summed E-state index contributed by atoms with van der Waals surface area (Å²) in [5.41, 5.74) is 4.69. The fourth-order valence-electron chi connectivity index (χ4n) is 5.69. The van der Waals surface area contributed by atoms with Gasteiger partial charge in [-0.15, -0.1) is 0 Å². The van der Waals surface area contributed by atoms with Crippen molar-refractivity contribution in [1.29, 1.82) is 0 Å². The number of carbonyl (C=O) groups is 1. The van der Waals surface area contributed by atoms with E-state index in [1.165, 1.54) is 0 Å². The lowest BCUT2D eigenvalue weighted by atomic mass is 9.59. The van der Waals surface area contributed by atoms with Crippen LogP contribution in [0.1, 0.15) is 89.5 Å². The number of hydrogen-bond donors (Lipinski definition) is 2. The van der Waals surface area contributed by atoms with Crippen molar-refractivity contribution in [1.82, 2.24) is 5.43 Å². The Bertz CT molecular complexity index is 941. The van der Waals surface area contributed by atoms with Crippen LogP contribution in [0.2, 0.25) is 0 Å². The molecule has 4 aliphatic rings. The molecule has 0 radical (unpaired) electrons. The second-order valence-electron chi connectivity index (χ2n) is 14.8. The molecule has 4 aliphatic heterocycles. The summed E-state index contributed by atoms with van der Waals surface area (Å²) in [5, 5.41) is 0.